The number of benzene rings is 1. The predicted octanol–water partition coefficient (Wildman–Crippen LogP) is 2.95. The molecule has 0 radical (unpaired) electrons. The van der Waals surface area contributed by atoms with Gasteiger partial charge in [-0.3, -0.25) is 10.1 Å². The molecule has 6 nitrogen and oxygen atoms in total. The van der Waals surface area contributed by atoms with E-state index in [9.17, 15) is 14.9 Å². The van der Waals surface area contributed by atoms with Crippen LogP contribution in [0.5, 0.6) is 0 Å². The van der Waals surface area contributed by atoms with Crippen molar-refractivity contribution in [3.8, 4) is 0 Å². The molecular formula is C15H16N2O4. The van der Waals surface area contributed by atoms with E-state index in [-0.39, 0.29) is 5.69 Å². The molecule has 0 aliphatic heterocycles. The summed E-state index contributed by atoms with van der Waals surface area (Å²) >= 11 is 0. The first-order chi connectivity index (χ1) is 9.90. The Hall–Kier alpha value is -2.63. The summed E-state index contributed by atoms with van der Waals surface area (Å²) in [7, 11) is 0. The van der Waals surface area contributed by atoms with Gasteiger partial charge in [-0.25, -0.2) is 4.79 Å². The monoisotopic (exact) mass is 288 g/mol. The van der Waals surface area contributed by atoms with Crippen molar-refractivity contribution in [2.24, 2.45) is 0 Å². The number of hydrogen-bond donors (Lipinski definition) is 1. The molecule has 0 spiro atoms. The van der Waals surface area contributed by atoms with Crippen molar-refractivity contribution >= 4 is 11.7 Å². The van der Waals surface area contributed by atoms with Crippen LogP contribution in [0.15, 0.2) is 30.3 Å². The Morgan fingerprint density at radius 3 is 2.38 bits per heavy atom. The summed E-state index contributed by atoms with van der Waals surface area (Å²) in [5.74, 6) is -0.926. The minimum Gasteiger partial charge on any atom is -0.478 e. The zero-order chi connectivity index (χ0) is 15.6. The maximum atomic E-state index is 11.1. The van der Waals surface area contributed by atoms with Crippen LogP contribution in [0, 0.1) is 24.0 Å². The fraction of sp³-hybridized carbons (Fsp3) is 0.267. The zero-order valence-corrected chi connectivity index (χ0v) is 11.9. The largest absolute Gasteiger partial charge is 0.478 e. The van der Waals surface area contributed by atoms with E-state index in [1.54, 1.807) is 25.1 Å². The van der Waals surface area contributed by atoms with Gasteiger partial charge in [-0.15, -0.1) is 0 Å². The minimum absolute atomic E-state index is 0.0697. The van der Waals surface area contributed by atoms with E-state index in [0.29, 0.717) is 18.5 Å². The standard InChI is InChI=1S/C15H16N2O4/c1-10-9-14(15(18)19)11(2)16(10)8-7-12-3-5-13(6-4-12)17(20)21/h3-6,9H,7-8H2,1-2H3,(H,18,19). The quantitative estimate of drug-likeness (QED) is 0.677. The average Bonchev–Trinajstić information content (AvgIpc) is 2.72. The van der Waals surface area contributed by atoms with Crippen LogP contribution in [0.2, 0.25) is 0 Å². The molecule has 0 saturated heterocycles. The van der Waals surface area contributed by atoms with Gasteiger partial charge in [0.1, 0.15) is 0 Å². The Kier molecular flexibility index (Phi) is 4.07. The number of nitro groups is 1. The van der Waals surface area contributed by atoms with Gasteiger partial charge in [-0.05, 0) is 31.9 Å². The third kappa shape index (κ3) is 3.10. The lowest BCUT2D eigenvalue weighted by Crippen LogP contribution is -2.07. The summed E-state index contributed by atoms with van der Waals surface area (Å²) in [6.45, 7) is 4.30. The van der Waals surface area contributed by atoms with Gasteiger partial charge in [0.05, 0.1) is 10.5 Å². The predicted molar refractivity (Wildman–Crippen MR) is 77.7 cm³/mol. The molecule has 110 valence electrons. The molecule has 1 aromatic carbocycles. The molecule has 6 heteroatoms. The number of carbonyl (C=O) groups is 1. The number of rotatable bonds is 5. The van der Waals surface area contributed by atoms with Crippen molar-refractivity contribution in [2.45, 2.75) is 26.8 Å². The number of nitro benzene ring substituents is 1. The van der Waals surface area contributed by atoms with E-state index >= 15 is 0 Å². The van der Waals surface area contributed by atoms with E-state index in [1.165, 1.54) is 12.1 Å². The Morgan fingerprint density at radius 1 is 1.29 bits per heavy atom. The van der Waals surface area contributed by atoms with Gasteiger partial charge in [0.2, 0.25) is 0 Å². The summed E-state index contributed by atoms with van der Waals surface area (Å²) in [5.41, 5.74) is 2.98. The highest BCUT2D eigenvalue weighted by molar-refractivity contribution is 5.89. The second-order valence-corrected chi connectivity index (χ2v) is 4.92. The molecule has 2 rings (SSSR count). The van der Waals surface area contributed by atoms with E-state index < -0.39 is 10.9 Å². The average molecular weight is 288 g/mol. The maximum Gasteiger partial charge on any atom is 0.337 e. The number of aromatic carboxylic acids is 1. The first kappa shape index (κ1) is 14.8. The van der Waals surface area contributed by atoms with Crippen molar-refractivity contribution in [1.29, 1.82) is 0 Å². The van der Waals surface area contributed by atoms with Crippen LogP contribution < -0.4 is 0 Å². The second-order valence-electron chi connectivity index (χ2n) is 4.92. The van der Waals surface area contributed by atoms with E-state index in [1.807, 2.05) is 11.5 Å². The normalized spacial score (nSPS) is 10.6. The fourth-order valence-electron chi connectivity index (χ4n) is 2.39. The topological polar surface area (TPSA) is 85.4 Å². The molecule has 1 heterocycles. The lowest BCUT2D eigenvalue weighted by Gasteiger charge is -2.09. The van der Waals surface area contributed by atoms with Crippen molar-refractivity contribution in [1.82, 2.24) is 4.57 Å². The molecule has 0 aliphatic rings. The SMILES string of the molecule is Cc1cc(C(=O)O)c(C)n1CCc1ccc([N+](=O)[O-])cc1. The van der Waals surface area contributed by atoms with Crippen molar-refractivity contribution in [2.75, 3.05) is 0 Å². The summed E-state index contributed by atoms with van der Waals surface area (Å²) < 4.78 is 1.95. The highest BCUT2D eigenvalue weighted by atomic mass is 16.6. The van der Waals surface area contributed by atoms with E-state index in [4.69, 9.17) is 5.11 Å². The molecule has 0 saturated carbocycles. The molecule has 0 fully saturated rings. The molecule has 0 bridgehead atoms. The van der Waals surface area contributed by atoms with E-state index in [2.05, 4.69) is 0 Å². The number of non-ortho nitro benzene ring substituents is 1. The number of hydrogen-bond acceptors (Lipinski definition) is 3. The third-order valence-corrected chi connectivity index (χ3v) is 3.58. The van der Waals surface area contributed by atoms with Crippen LogP contribution in [-0.2, 0) is 13.0 Å². The first-order valence-electron chi connectivity index (χ1n) is 6.53. The van der Waals surface area contributed by atoms with E-state index in [0.717, 1.165) is 17.0 Å². The van der Waals surface area contributed by atoms with Gasteiger partial charge in [0, 0.05) is 30.1 Å². The molecule has 0 aliphatic carbocycles. The van der Waals surface area contributed by atoms with Crippen LogP contribution in [0.1, 0.15) is 27.3 Å². The van der Waals surface area contributed by atoms with Gasteiger partial charge < -0.3 is 9.67 Å². The van der Waals surface area contributed by atoms with Crippen LogP contribution in [0.25, 0.3) is 0 Å². The molecule has 2 aromatic rings. The molecule has 1 N–H and O–H groups in total. The number of carboxylic acids is 1. The molecule has 0 unspecified atom stereocenters. The molecule has 0 amide bonds. The Labute approximate surface area is 121 Å². The molecule has 0 atom stereocenters. The van der Waals surface area contributed by atoms with Gasteiger partial charge >= 0.3 is 5.97 Å². The number of carboxylic acid groups (broad SMARTS) is 1. The number of nitrogens with zero attached hydrogens (tertiary/aromatic N) is 2. The highest BCUT2D eigenvalue weighted by Gasteiger charge is 2.14. The molecule has 21 heavy (non-hydrogen) atoms. The smallest absolute Gasteiger partial charge is 0.337 e. The van der Waals surface area contributed by atoms with Gasteiger partial charge in [0.15, 0.2) is 0 Å². The Morgan fingerprint density at radius 2 is 1.90 bits per heavy atom. The van der Waals surface area contributed by atoms with Gasteiger partial charge in [-0.1, -0.05) is 12.1 Å². The van der Waals surface area contributed by atoms with Gasteiger partial charge in [-0.2, -0.15) is 0 Å². The Bertz CT molecular complexity index is 686. The molecule has 1 aromatic heterocycles. The lowest BCUT2D eigenvalue weighted by molar-refractivity contribution is -0.384. The maximum absolute atomic E-state index is 11.1. The summed E-state index contributed by atoms with van der Waals surface area (Å²) in [6, 6.07) is 8.07. The molecular weight excluding hydrogens is 272 g/mol. The van der Waals surface area contributed by atoms with Gasteiger partial charge in [0.25, 0.3) is 5.69 Å². The summed E-state index contributed by atoms with van der Waals surface area (Å²) in [6.07, 6.45) is 0.688. The van der Waals surface area contributed by atoms with Crippen LogP contribution >= 0.6 is 0 Å². The summed E-state index contributed by atoms with van der Waals surface area (Å²) in [4.78, 5) is 21.3. The number of aryl methyl sites for hydroxylation is 2. The van der Waals surface area contributed by atoms with Crippen molar-refractivity contribution in [3.05, 3.63) is 63.0 Å². The highest BCUT2D eigenvalue weighted by Crippen LogP contribution is 2.17. The minimum atomic E-state index is -0.926. The van der Waals surface area contributed by atoms with Crippen molar-refractivity contribution in [3.63, 3.8) is 0 Å². The number of aromatic nitrogens is 1. The zero-order valence-electron chi connectivity index (χ0n) is 11.9. The first-order valence-corrected chi connectivity index (χ1v) is 6.53. The van der Waals surface area contributed by atoms with Crippen LogP contribution in [0.3, 0.4) is 0 Å². The van der Waals surface area contributed by atoms with Crippen molar-refractivity contribution < 1.29 is 14.8 Å². The lowest BCUT2D eigenvalue weighted by atomic mass is 10.1. The Balaban J connectivity index is 2.13. The second kappa shape index (κ2) is 5.78. The third-order valence-electron chi connectivity index (χ3n) is 3.58. The fourth-order valence-corrected chi connectivity index (χ4v) is 2.39. The van der Waals surface area contributed by atoms with Crippen LogP contribution in [-0.4, -0.2) is 20.6 Å². The van der Waals surface area contributed by atoms with Crippen LogP contribution in [0.4, 0.5) is 5.69 Å². The summed E-state index contributed by atoms with van der Waals surface area (Å²) in [5, 5.41) is 19.7.